The predicted octanol–water partition coefficient (Wildman–Crippen LogP) is 3.20. The number of phenols is 2. The second-order valence-corrected chi connectivity index (χ2v) is 6.76. The largest absolute Gasteiger partial charge is 0.504 e. The number of benzene rings is 2. The molecule has 27 heavy (non-hydrogen) atoms. The van der Waals surface area contributed by atoms with Gasteiger partial charge in [-0.2, -0.15) is 0 Å². The number of phenolic OH excluding ortho intramolecular Hbond substituents is 2. The highest BCUT2D eigenvalue weighted by Gasteiger charge is 2.35. The van der Waals surface area contributed by atoms with Crippen molar-refractivity contribution in [2.24, 2.45) is 0 Å². The van der Waals surface area contributed by atoms with E-state index in [4.69, 9.17) is 14.2 Å². The van der Waals surface area contributed by atoms with Gasteiger partial charge >= 0.3 is 0 Å². The average molecular weight is 394 g/mol. The van der Waals surface area contributed by atoms with Crippen LogP contribution in [0.25, 0.3) is 0 Å². The fourth-order valence-corrected chi connectivity index (χ4v) is 4.24. The Bertz CT molecular complexity index is 870. The summed E-state index contributed by atoms with van der Waals surface area (Å²) in [5, 5.41) is 19.8. The van der Waals surface area contributed by atoms with E-state index < -0.39 is 0 Å². The number of methoxy groups -OCH3 is 3. The molecule has 0 bridgehead atoms. The van der Waals surface area contributed by atoms with Crippen molar-refractivity contribution in [1.29, 1.82) is 0 Å². The van der Waals surface area contributed by atoms with Crippen molar-refractivity contribution in [3.63, 3.8) is 0 Å². The lowest BCUT2D eigenvalue weighted by atomic mass is 9.83. The molecule has 0 saturated heterocycles. The fraction of sp³-hybridized carbons (Fsp3) is 0.400. The Morgan fingerprint density at radius 1 is 0.926 bits per heavy atom. The minimum Gasteiger partial charge on any atom is -0.504 e. The molecule has 2 heterocycles. The molecule has 0 aliphatic carbocycles. The highest BCUT2D eigenvalue weighted by atomic mass is 35.5. The lowest BCUT2D eigenvalue weighted by molar-refractivity contribution is 0.156. The van der Waals surface area contributed by atoms with Crippen LogP contribution in [0.2, 0.25) is 0 Å². The van der Waals surface area contributed by atoms with Crippen LogP contribution in [-0.2, 0) is 19.4 Å². The maximum Gasteiger partial charge on any atom is 0.203 e. The molecule has 0 fully saturated rings. The Balaban J connectivity index is 0.00000210. The molecule has 146 valence electrons. The van der Waals surface area contributed by atoms with E-state index in [0.29, 0.717) is 11.5 Å². The summed E-state index contributed by atoms with van der Waals surface area (Å²) >= 11 is 0. The van der Waals surface area contributed by atoms with Crippen molar-refractivity contribution in [2.45, 2.75) is 25.4 Å². The van der Waals surface area contributed by atoms with E-state index in [2.05, 4.69) is 4.90 Å². The summed E-state index contributed by atoms with van der Waals surface area (Å²) in [4.78, 5) is 2.38. The van der Waals surface area contributed by atoms with E-state index in [0.717, 1.165) is 53.9 Å². The van der Waals surface area contributed by atoms with Gasteiger partial charge in [0.05, 0.1) is 21.3 Å². The van der Waals surface area contributed by atoms with Crippen LogP contribution in [0.1, 0.15) is 28.3 Å². The van der Waals surface area contributed by atoms with E-state index in [9.17, 15) is 10.2 Å². The molecule has 0 saturated carbocycles. The predicted molar refractivity (Wildman–Crippen MR) is 104 cm³/mol. The van der Waals surface area contributed by atoms with Gasteiger partial charge in [-0.15, -0.1) is 12.4 Å². The molecular weight excluding hydrogens is 370 g/mol. The minimum absolute atomic E-state index is 0. The third-order valence-corrected chi connectivity index (χ3v) is 5.50. The Morgan fingerprint density at radius 3 is 2.30 bits per heavy atom. The van der Waals surface area contributed by atoms with Crippen LogP contribution in [0.4, 0.5) is 0 Å². The third-order valence-electron chi connectivity index (χ3n) is 5.50. The zero-order valence-corrected chi connectivity index (χ0v) is 16.4. The van der Waals surface area contributed by atoms with Crippen LogP contribution in [-0.4, -0.2) is 43.0 Å². The molecule has 2 N–H and O–H groups in total. The van der Waals surface area contributed by atoms with Crippen molar-refractivity contribution < 1.29 is 24.4 Å². The lowest BCUT2D eigenvalue weighted by Gasteiger charge is -2.42. The van der Waals surface area contributed by atoms with Gasteiger partial charge in [0.1, 0.15) is 0 Å². The molecule has 4 rings (SSSR count). The molecule has 1 unspecified atom stereocenters. The SMILES string of the molecule is COc1cc2c(c(OC)c1OC)CN1CCc3cc(O)c(O)cc3C1C2.Cl. The Kier molecular flexibility index (Phi) is 5.31. The molecular formula is C20H24ClNO5. The summed E-state index contributed by atoms with van der Waals surface area (Å²) < 4.78 is 16.7. The molecule has 0 radical (unpaired) electrons. The molecule has 0 amide bonds. The van der Waals surface area contributed by atoms with E-state index in [1.165, 1.54) is 0 Å². The van der Waals surface area contributed by atoms with Crippen molar-refractivity contribution >= 4 is 12.4 Å². The number of ether oxygens (including phenoxy) is 3. The Labute approximate surface area is 164 Å². The summed E-state index contributed by atoms with van der Waals surface area (Å²) in [7, 11) is 4.89. The number of hydrogen-bond acceptors (Lipinski definition) is 6. The maximum atomic E-state index is 9.97. The van der Waals surface area contributed by atoms with Crippen LogP contribution >= 0.6 is 12.4 Å². The normalized spacial score (nSPS) is 17.8. The molecule has 6 nitrogen and oxygen atoms in total. The van der Waals surface area contributed by atoms with Gasteiger partial charge in [0.2, 0.25) is 5.75 Å². The van der Waals surface area contributed by atoms with Gasteiger partial charge in [0.15, 0.2) is 23.0 Å². The first-order valence-corrected chi connectivity index (χ1v) is 8.66. The number of halogens is 1. The van der Waals surface area contributed by atoms with Crippen molar-refractivity contribution in [3.05, 3.63) is 40.5 Å². The zero-order valence-electron chi connectivity index (χ0n) is 15.6. The fourth-order valence-electron chi connectivity index (χ4n) is 4.24. The maximum absolute atomic E-state index is 9.97. The smallest absolute Gasteiger partial charge is 0.203 e. The van der Waals surface area contributed by atoms with Crippen LogP contribution in [0.5, 0.6) is 28.7 Å². The van der Waals surface area contributed by atoms with Crippen molar-refractivity contribution in [1.82, 2.24) is 4.90 Å². The topological polar surface area (TPSA) is 71.4 Å². The first-order chi connectivity index (χ1) is 12.6. The van der Waals surface area contributed by atoms with Crippen LogP contribution < -0.4 is 14.2 Å². The summed E-state index contributed by atoms with van der Waals surface area (Å²) in [5.41, 5.74) is 4.44. The molecule has 0 aromatic heterocycles. The van der Waals surface area contributed by atoms with Gasteiger partial charge < -0.3 is 24.4 Å². The molecule has 2 aliphatic rings. The monoisotopic (exact) mass is 393 g/mol. The molecule has 2 aromatic carbocycles. The number of nitrogens with zero attached hydrogens (tertiary/aromatic N) is 1. The molecule has 2 aliphatic heterocycles. The molecule has 7 heteroatoms. The van der Waals surface area contributed by atoms with Crippen LogP contribution in [0.3, 0.4) is 0 Å². The van der Waals surface area contributed by atoms with Gasteiger partial charge in [-0.1, -0.05) is 0 Å². The van der Waals surface area contributed by atoms with E-state index in [1.807, 2.05) is 6.07 Å². The highest BCUT2D eigenvalue weighted by molar-refractivity contribution is 5.85. The molecule has 2 aromatic rings. The van der Waals surface area contributed by atoms with Gasteiger partial charge in [-0.25, -0.2) is 0 Å². The zero-order chi connectivity index (χ0) is 18.4. The van der Waals surface area contributed by atoms with Crippen LogP contribution in [0, 0.1) is 0 Å². The first kappa shape index (κ1) is 19.5. The summed E-state index contributed by atoms with van der Waals surface area (Å²) in [5.74, 6) is 1.87. The Hall–Kier alpha value is -2.31. The third kappa shape index (κ3) is 3.03. The van der Waals surface area contributed by atoms with Gasteiger partial charge in [-0.3, -0.25) is 4.90 Å². The van der Waals surface area contributed by atoms with Crippen molar-refractivity contribution in [2.75, 3.05) is 27.9 Å². The summed E-state index contributed by atoms with van der Waals surface area (Å²) in [6.45, 7) is 1.63. The molecule has 1 atom stereocenters. The van der Waals surface area contributed by atoms with Gasteiger partial charge in [-0.05, 0) is 47.7 Å². The lowest BCUT2D eigenvalue weighted by Crippen LogP contribution is -2.39. The van der Waals surface area contributed by atoms with E-state index in [1.54, 1.807) is 33.5 Å². The summed E-state index contributed by atoms with van der Waals surface area (Å²) in [6, 6.07) is 5.56. The quantitative estimate of drug-likeness (QED) is 0.780. The van der Waals surface area contributed by atoms with Crippen LogP contribution in [0.15, 0.2) is 18.2 Å². The summed E-state index contributed by atoms with van der Waals surface area (Å²) in [6.07, 6.45) is 1.62. The van der Waals surface area contributed by atoms with Gasteiger partial charge in [0, 0.05) is 24.7 Å². The molecule has 0 spiro atoms. The van der Waals surface area contributed by atoms with Crippen molar-refractivity contribution in [3.8, 4) is 28.7 Å². The number of aromatic hydroxyl groups is 2. The first-order valence-electron chi connectivity index (χ1n) is 8.66. The second kappa shape index (κ2) is 7.37. The van der Waals surface area contributed by atoms with Gasteiger partial charge in [0.25, 0.3) is 0 Å². The number of hydrogen-bond donors (Lipinski definition) is 2. The standard InChI is InChI=1S/C20H23NO5.ClH/c1-24-18-8-12-6-15-13-9-17(23)16(22)7-11(13)4-5-21(15)10-14(12)19(25-2)20(18)26-3;/h7-9,15,22-23H,4-6,10H2,1-3H3;1H. The number of fused-ring (bicyclic) bond motifs is 4. The van der Waals surface area contributed by atoms with E-state index in [-0.39, 0.29) is 29.9 Å². The Morgan fingerprint density at radius 2 is 1.63 bits per heavy atom. The second-order valence-electron chi connectivity index (χ2n) is 6.76. The average Bonchev–Trinajstić information content (AvgIpc) is 2.65. The van der Waals surface area contributed by atoms with E-state index >= 15 is 0 Å². The highest BCUT2D eigenvalue weighted by Crippen LogP contribution is 2.48. The minimum atomic E-state index is -0.0683. The number of rotatable bonds is 3.